The Hall–Kier alpha value is -2.88. The average molecular weight is 283 g/mol. The van der Waals surface area contributed by atoms with Crippen molar-refractivity contribution in [2.45, 2.75) is 0 Å². The van der Waals surface area contributed by atoms with E-state index in [2.05, 4.69) is 16.3 Å². The molecule has 0 radical (unpaired) electrons. The number of rotatable bonds is 3. The number of carbonyl (C=O) groups is 1. The van der Waals surface area contributed by atoms with Crippen LogP contribution in [0.15, 0.2) is 24.4 Å². The van der Waals surface area contributed by atoms with Crippen LogP contribution in [0, 0.1) is 17.2 Å². The number of hydrogen-bond acceptors (Lipinski definition) is 5. The molecule has 1 aromatic heterocycles. The van der Waals surface area contributed by atoms with Gasteiger partial charge in [0.15, 0.2) is 0 Å². The van der Waals surface area contributed by atoms with E-state index >= 15 is 0 Å². The SMILES string of the molecule is Cn1ncc(-c2ccc(N3CC(C(=O)O)C3)c(C#N)c2)n1. The molecule has 1 fully saturated rings. The van der Waals surface area contributed by atoms with E-state index in [1.807, 2.05) is 17.0 Å². The summed E-state index contributed by atoms with van der Waals surface area (Å²) in [6.07, 6.45) is 1.64. The Balaban J connectivity index is 1.87. The first-order chi connectivity index (χ1) is 10.1. The molecule has 7 heteroatoms. The van der Waals surface area contributed by atoms with Crippen molar-refractivity contribution < 1.29 is 9.90 Å². The zero-order chi connectivity index (χ0) is 15.0. The fourth-order valence-electron chi connectivity index (χ4n) is 2.37. The summed E-state index contributed by atoms with van der Waals surface area (Å²) in [6, 6.07) is 7.62. The van der Waals surface area contributed by atoms with Crippen LogP contribution in [0.1, 0.15) is 5.56 Å². The van der Waals surface area contributed by atoms with E-state index in [0.29, 0.717) is 24.3 Å². The zero-order valence-corrected chi connectivity index (χ0v) is 11.4. The van der Waals surface area contributed by atoms with Crippen LogP contribution < -0.4 is 4.90 Å². The number of aromatic nitrogens is 3. The summed E-state index contributed by atoms with van der Waals surface area (Å²) in [5.74, 6) is -1.14. The van der Waals surface area contributed by atoms with E-state index < -0.39 is 5.97 Å². The fraction of sp³-hybridized carbons (Fsp3) is 0.286. The average Bonchev–Trinajstić information content (AvgIpc) is 2.83. The Morgan fingerprint density at radius 3 is 2.81 bits per heavy atom. The highest BCUT2D eigenvalue weighted by molar-refractivity contribution is 5.76. The van der Waals surface area contributed by atoms with Gasteiger partial charge in [0.05, 0.1) is 23.4 Å². The van der Waals surface area contributed by atoms with Gasteiger partial charge in [0.2, 0.25) is 0 Å². The minimum Gasteiger partial charge on any atom is -0.481 e. The highest BCUT2D eigenvalue weighted by Crippen LogP contribution is 2.30. The molecule has 1 aliphatic rings. The Morgan fingerprint density at radius 2 is 2.24 bits per heavy atom. The van der Waals surface area contributed by atoms with Gasteiger partial charge in [-0.2, -0.15) is 20.3 Å². The maximum atomic E-state index is 10.8. The molecular formula is C14H13N5O2. The third-order valence-electron chi connectivity index (χ3n) is 3.58. The standard InChI is InChI=1S/C14H13N5O2/c1-18-16-6-12(17-18)9-2-3-13(10(4-9)5-15)19-7-11(8-19)14(20)21/h2-4,6,11H,7-8H2,1H3,(H,20,21). The van der Waals surface area contributed by atoms with E-state index in [1.54, 1.807) is 19.3 Å². The fourth-order valence-corrected chi connectivity index (χ4v) is 2.37. The lowest BCUT2D eigenvalue weighted by Gasteiger charge is -2.39. The minimum atomic E-state index is -0.791. The Morgan fingerprint density at radius 1 is 1.48 bits per heavy atom. The molecule has 21 heavy (non-hydrogen) atoms. The summed E-state index contributed by atoms with van der Waals surface area (Å²) in [5, 5.41) is 26.4. The van der Waals surface area contributed by atoms with Crippen molar-refractivity contribution in [3.8, 4) is 17.3 Å². The summed E-state index contributed by atoms with van der Waals surface area (Å²) < 4.78 is 0. The smallest absolute Gasteiger partial charge is 0.310 e. The van der Waals surface area contributed by atoms with Crippen molar-refractivity contribution in [3.63, 3.8) is 0 Å². The molecular weight excluding hydrogens is 270 g/mol. The molecule has 0 aliphatic carbocycles. The van der Waals surface area contributed by atoms with Crippen LogP contribution in [0.25, 0.3) is 11.3 Å². The second-order valence-corrected chi connectivity index (χ2v) is 5.00. The van der Waals surface area contributed by atoms with Gasteiger partial charge in [-0.3, -0.25) is 4.79 Å². The van der Waals surface area contributed by atoms with Crippen LogP contribution in [-0.2, 0) is 11.8 Å². The number of aliphatic carboxylic acids is 1. The van der Waals surface area contributed by atoms with Gasteiger partial charge < -0.3 is 10.0 Å². The van der Waals surface area contributed by atoms with Gasteiger partial charge in [0.1, 0.15) is 11.8 Å². The monoisotopic (exact) mass is 283 g/mol. The van der Waals surface area contributed by atoms with Gasteiger partial charge in [-0.05, 0) is 12.1 Å². The predicted octanol–water partition coefficient (Wildman–Crippen LogP) is 0.875. The molecule has 0 unspecified atom stereocenters. The van der Waals surface area contributed by atoms with Crippen molar-refractivity contribution in [1.82, 2.24) is 15.0 Å². The number of aryl methyl sites for hydroxylation is 1. The van der Waals surface area contributed by atoms with Gasteiger partial charge >= 0.3 is 5.97 Å². The lowest BCUT2D eigenvalue weighted by atomic mass is 9.97. The van der Waals surface area contributed by atoms with Crippen LogP contribution >= 0.6 is 0 Å². The highest BCUT2D eigenvalue weighted by atomic mass is 16.4. The number of nitriles is 1. The van der Waals surface area contributed by atoms with Gasteiger partial charge in [-0.15, -0.1) is 0 Å². The maximum Gasteiger partial charge on any atom is 0.310 e. The van der Waals surface area contributed by atoms with Crippen LogP contribution in [0.3, 0.4) is 0 Å². The Labute approximate surface area is 121 Å². The molecule has 1 N–H and O–H groups in total. The molecule has 2 aromatic rings. The highest BCUT2D eigenvalue weighted by Gasteiger charge is 2.33. The summed E-state index contributed by atoms with van der Waals surface area (Å²) in [6.45, 7) is 0.878. The number of carboxylic acids is 1. The summed E-state index contributed by atoms with van der Waals surface area (Å²) >= 11 is 0. The first kappa shape index (κ1) is 13.1. The van der Waals surface area contributed by atoms with Gasteiger partial charge in [0.25, 0.3) is 0 Å². The summed E-state index contributed by atoms with van der Waals surface area (Å²) in [7, 11) is 1.73. The van der Waals surface area contributed by atoms with Crippen LogP contribution in [0.4, 0.5) is 5.69 Å². The molecule has 0 atom stereocenters. The molecule has 1 aliphatic heterocycles. The van der Waals surface area contributed by atoms with Crippen LogP contribution in [0.5, 0.6) is 0 Å². The largest absolute Gasteiger partial charge is 0.481 e. The molecule has 106 valence electrons. The van der Waals surface area contributed by atoms with Crippen LogP contribution in [0.2, 0.25) is 0 Å². The number of benzene rings is 1. The molecule has 0 spiro atoms. The number of hydrogen-bond donors (Lipinski definition) is 1. The summed E-state index contributed by atoms with van der Waals surface area (Å²) in [5.41, 5.74) is 2.80. The Kier molecular flexibility index (Phi) is 3.06. The van der Waals surface area contributed by atoms with Gasteiger partial charge in [0, 0.05) is 25.7 Å². The molecule has 3 rings (SSSR count). The molecule has 0 saturated carbocycles. The topological polar surface area (TPSA) is 95.0 Å². The molecule has 7 nitrogen and oxygen atoms in total. The second-order valence-electron chi connectivity index (χ2n) is 5.00. The summed E-state index contributed by atoms with van der Waals surface area (Å²) in [4.78, 5) is 14.2. The third-order valence-corrected chi connectivity index (χ3v) is 3.58. The lowest BCUT2D eigenvalue weighted by Crippen LogP contribution is -2.50. The predicted molar refractivity (Wildman–Crippen MR) is 74.5 cm³/mol. The van der Waals surface area contributed by atoms with E-state index in [-0.39, 0.29) is 5.92 Å². The normalized spacial score (nSPS) is 14.6. The molecule has 1 saturated heterocycles. The number of carboxylic acid groups (broad SMARTS) is 1. The van der Waals surface area contributed by atoms with Gasteiger partial charge in [-0.25, -0.2) is 0 Å². The quantitative estimate of drug-likeness (QED) is 0.898. The van der Waals surface area contributed by atoms with Gasteiger partial charge in [-0.1, -0.05) is 6.07 Å². The third kappa shape index (κ3) is 2.31. The minimum absolute atomic E-state index is 0.351. The van der Waals surface area contributed by atoms with E-state index in [4.69, 9.17) is 5.11 Å². The Bertz CT molecular complexity index is 740. The number of nitrogens with zero attached hydrogens (tertiary/aromatic N) is 5. The molecule has 0 bridgehead atoms. The van der Waals surface area contributed by atoms with E-state index in [0.717, 1.165) is 11.3 Å². The molecule has 1 aromatic carbocycles. The first-order valence-corrected chi connectivity index (χ1v) is 6.47. The molecule has 0 amide bonds. The maximum absolute atomic E-state index is 10.8. The second kappa shape index (κ2) is 4.90. The van der Waals surface area contributed by atoms with Crippen molar-refractivity contribution in [1.29, 1.82) is 5.26 Å². The number of anilines is 1. The van der Waals surface area contributed by atoms with Crippen LogP contribution in [-0.4, -0.2) is 39.2 Å². The lowest BCUT2D eigenvalue weighted by molar-refractivity contribution is -0.142. The van der Waals surface area contributed by atoms with Crippen molar-refractivity contribution in [3.05, 3.63) is 30.0 Å². The first-order valence-electron chi connectivity index (χ1n) is 6.47. The zero-order valence-electron chi connectivity index (χ0n) is 11.4. The van der Waals surface area contributed by atoms with Crippen molar-refractivity contribution >= 4 is 11.7 Å². The van der Waals surface area contributed by atoms with Crippen molar-refractivity contribution in [2.24, 2.45) is 13.0 Å². The van der Waals surface area contributed by atoms with Crippen molar-refractivity contribution in [2.75, 3.05) is 18.0 Å². The van der Waals surface area contributed by atoms with E-state index in [1.165, 1.54) is 4.80 Å². The molecule has 2 heterocycles. The van der Waals surface area contributed by atoms with E-state index in [9.17, 15) is 10.1 Å².